The summed E-state index contributed by atoms with van der Waals surface area (Å²) in [6.07, 6.45) is 1.64. The monoisotopic (exact) mass is 520 g/mol. The van der Waals surface area contributed by atoms with Crippen LogP contribution in [0.2, 0.25) is 0 Å². The normalized spacial score (nSPS) is 11.8. The molecular formula is C24H25FN2O8S. The van der Waals surface area contributed by atoms with Crippen LogP contribution in [0.4, 0.5) is 4.39 Å². The topological polar surface area (TPSA) is 127 Å². The molecule has 0 saturated carbocycles. The highest BCUT2D eigenvalue weighted by Gasteiger charge is 2.17. The van der Waals surface area contributed by atoms with Gasteiger partial charge in [-0.15, -0.1) is 0 Å². The number of esters is 1. The van der Waals surface area contributed by atoms with E-state index in [1.165, 1.54) is 37.4 Å². The van der Waals surface area contributed by atoms with E-state index in [2.05, 4.69) is 10.3 Å². The lowest BCUT2D eigenvalue weighted by molar-refractivity contribution is 0.0600. The van der Waals surface area contributed by atoms with E-state index in [1.807, 2.05) is 6.92 Å². The predicted molar refractivity (Wildman–Crippen MR) is 128 cm³/mol. The number of oxime groups is 1. The molecule has 3 rings (SSSR count). The van der Waals surface area contributed by atoms with Gasteiger partial charge in [-0.3, -0.25) is 4.18 Å². The SMILES string of the molecule is CCCO/N=C(\COc1cc(COS(C)(=O)=O)cc(C(=O)OC)c1)c1cc(-c2ccc(F)cc2)no1. The summed E-state index contributed by atoms with van der Waals surface area (Å²) in [5.41, 5.74) is 1.88. The highest BCUT2D eigenvalue weighted by molar-refractivity contribution is 7.85. The zero-order chi connectivity index (χ0) is 26.1. The van der Waals surface area contributed by atoms with Crippen molar-refractivity contribution in [1.29, 1.82) is 0 Å². The molecule has 0 aliphatic rings. The Morgan fingerprint density at radius 3 is 2.56 bits per heavy atom. The fourth-order valence-corrected chi connectivity index (χ4v) is 3.27. The van der Waals surface area contributed by atoms with Gasteiger partial charge in [0.05, 0.1) is 25.5 Å². The van der Waals surface area contributed by atoms with Gasteiger partial charge in [0, 0.05) is 11.6 Å². The molecule has 0 bridgehead atoms. The maximum Gasteiger partial charge on any atom is 0.337 e. The molecule has 0 radical (unpaired) electrons. The zero-order valence-corrected chi connectivity index (χ0v) is 20.7. The van der Waals surface area contributed by atoms with Crippen molar-refractivity contribution in [3.8, 4) is 17.0 Å². The Kier molecular flexibility index (Phi) is 9.14. The molecule has 10 nitrogen and oxygen atoms in total. The minimum absolute atomic E-state index is 0.140. The predicted octanol–water partition coefficient (Wildman–Crippen LogP) is 3.95. The van der Waals surface area contributed by atoms with Gasteiger partial charge >= 0.3 is 5.97 Å². The lowest BCUT2D eigenvalue weighted by Crippen LogP contribution is -2.14. The minimum atomic E-state index is -3.70. The van der Waals surface area contributed by atoms with E-state index in [0.29, 0.717) is 23.4 Å². The molecule has 0 unspecified atom stereocenters. The average molecular weight is 521 g/mol. The van der Waals surface area contributed by atoms with Gasteiger partial charge in [-0.25, -0.2) is 9.18 Å². The second-order valence-corrected chi connectivity index (χ2v) is 9.21. The molecule has 0 N–H and O–H groups in total. The standard InChI is InChI=1S/C24H25FN2O8S/c1-4-9-33-26-22(23-13-21(27-35-23)17-5-7-19(25)8-6-17)15-32-20-11-16(14-34-36(3,29)30)10-18(12-20)24(28)31-2/h5-8,10-13H,4,9,14-15H2,1-3H3/b26-22+. The van der Waals surface area contributed by atoms with Gasteiger partial charge in [0.2, 0.25) is 0 Å². The molecule has 192 valence electrons. The van der Waals surface area contributed by atoms with Gasteiger partial charge in [-0.1, -0.05) is 17.2 Å². The third-order valence-corrected chi connectivity index (χ3v) is 5.15. The number of carbonyl (C=O) groups excluding carboxylic acids is 1. The quantitative estimate of drug-likeness (QED) is 0.115. The van der Waals surface area contributed by atoms with E-state index in [-0.39, 0.29) is 41.8 Å². The van der Waals surface area contributed by atoms with Crippen molar-refractivity contribution in [2.45, 2.75) is 20.0 Å². The smallest absolute Gasteiger partial charge is 0.337 e. The molecule has 36 heavy (non-hydrogen) atoms. The summed E-state index contributed by atoms with van der Waals surface area (Å²) < 4.78 is 56.8. The molecule has 2 aromatic carbocycles. The third-order valence-electron chi connectivity index (χ3n) is 4.61. The largest absolute Gasteiger partial charge is 0.487 e. The number of halogens is 1. The molecule has 0 atom stereocenters. The first-order valence-electron chi connectivity index (χ1n) is 10.8. The van der Waals surface area contributed by atoms with Crippen LogP contribution in [-0.4, -0.2) is 51.8 Å². The highest BCUT2D eigenvalue weighted by Crippen LogP contribution is 2.22. The fraction of sp³-hybridized carbons (Fsp3) is 0.292. The van der Waals surface area contributed by atoms with Crippen LogP contribution in [-0.2, 0) is 30.5 Å². The van der Waals surface area contributed by atoms with E-state index in [4.69, 9.17) is 23.0 Å². The van der Waals surface area contributed by atoms with E-state index in [0.717, 1.165) is 12.7 Å². The van der Waals surface area contributed by atoms with Gasteiger partial charge in [-0.2, -0.15) is 8.42 Å². The summed E-state index contributed by atoms with van der Waals surface area (Å²) in [5, 5.41) is 8.09. The number of benzene rings is 2. The van der Waals surface area contributed by atoms with E-state index >= 15 is 0 Å². The third kappa shape index (κ3) is 7.89. The zero-order valence-electron chi connectivity index (χ0n) is 19.9. The molecule has 0 fully saturated rings. The van der Waals surface area contributed by atoms with Crippen molar-refractivity contribution in [2.75, 3.05) is 26.6 Å². The van der Waals surface area contributed by atoms with Gasteiger partial charge in [0.1, 0.15) is 30.5 Å². The second-order valence-electron chi connectivity index (χ2n) is 7.57. The average Bonchev–Trinajstić information content (AvgIpc) is 3.34. The Balaban J connectivity index is 1.84. The Bertz CT molecular complexity index is 1320. The van der Waals surface area contributed by atoms with Crippen LogP contribution in [0.5, 0.6) is 5.75 Å². The van der Waals surface area contributed by atoms with Crippen LogP contribution in [0.15, 0.2) is 58.2 Å². The first-order valence-corrected chi connectivity index (χ1v) is 12.6. The van der Waals surface area contributed by atoms with Crippen LogP contribution in [0.3, 0.4) is 0 Å². The summed E-state index contributed by atoms with van der Waals surface area (Å²) in [4.78, 5) is 17.4. The number of methoxy groups -OCH3 is 1. The van der Waals surface area contributed by atoms with Gasteiger partial charge < -0.3 is 18.8 Å². The number of hydrogen-bond acceptors (Lipinski definition) is 10. The van der Waals surface area contributed by atoms with Crippen LogP contribution < -0.4 is 4.74 Å². The molecule has 1 aromatic heterocycles. The number of ether oxygens (including phenoxy) is 2. The van der Waals surface area contributed by atoms with E-state index < -0.39 is 16.1 Å². The molecule has 0 spiro atoms. The molecule has 0 amide bonds. The Morgan fingerprint density at radius 1 is 1.14 bits per heavy atom. The van der Waals surface area contributed by atoms with Crippen molar-refractivity contribution in [1.82, 2.24) is 5.16 Å². The molecule has 0 aliphatic heterocycles. The minimum Gasteiger partial charge on any atom is -0.487 e. The lowest BCUT2D eigenvalue weighted by Gasteiger charge is -2.11. The summed E-state index contributed by atoms with van der Waals surface area (Å²) in [7, 11) is -2.48. The number of hydrogen-bond donors (Lipinski definition) is 0. The van der Waals surface area contributed by atoms with Crippen molar-refractivity contribution in [3.05, 3.63) is 71.2 Å². The summed E-state index contributed by atoms with van der Waals surface area (Å²) in [6, 6.07) is 11.8. The molecule has 3 aromatic rings. The lowest BCUT2D eigenvalue weighted by atomic mass is 10.1. The Labute approximate surface area is 207 Å². The second kappa shape index (κ2) is 12.3. The van der Waals surface area contributed by atoms with Gasteiger partial charge in [-0.05, 0) is 54.4 Å². The molecular weight excluding hydrogens is 495 g/mol. The molecule has 0 saturated heterocycles. The van der Waals surface area contributed by atoms with Crippen molar-refractivity contribution in [3.63, 3.8) is 0 Å². The van der Waals surface area contributed by atoms with Crippen molar-refractivity contribution in [2.24, 2.45) is 5.16 Å². The molecule has 12 heteroatoms. The van der Waals surface area contributed by atoms with Crippen molar-refractivity contribution < 1.29 is 40.6 Å². The van der Waals surface area contributed by atoms with Crippen LogP contribution in [0.1, 0.15) is 35.0 Å². The van der Waals surface area contributed by atoms with Crippen LogP contribution in [0, 0.1) is 5.82 Å². The van der Waals surface area contributed by atoms with E-state index in [1.54, 1.807) is 18.2 Å². The first-order chi connectivity index (χ1) is 17.2. The molecule has 1 heterocycles. The number of aromatic nitrogens is 1. The molecule has 0 aliphatic carbocycles. The Morgan fingerprint density at radius 2 is 1.89 bits per heavy atom. The van der Waals surface area contributed by atoms with Crippen LogP contribution in [0.25, 0.3) is 11.3 Å². The Hall–Kier alpha value is -3.77. The summed E-state index contributed by atoms with van der Waals surface area (Å²) in [5.74, 6) is -0.524. The first kappa shape index (κ1) is 26.8. The highest BCUT2D eigenvalue weighted by atomic mass is 32.2. The number of nitrogens with zero attached hydrogens (tertiary/aromatic N) is 2. The number of carbonyl (C=O) groups is 1. The fourth-order valence-electron chi connectivity index (χ4n) is 2.92. The summed E-state index contributed by atoms with van der Waals surface area (Å²) >= 11 is 0. The number of rotatable bonds is 12. The van der Waals surface area contributed by atoms with E-state index in [9.17, 15) is 17.6 Å². The summed E-state index contributed by atoms with van der Waals surface area (Å²) in [6.45, 7) is 1.83. The maximum atomic E-state index is 13.2. The van der Waals surface area contributed by atoms with Gasteiger partial charge in [0.15, 0.2) is 11.5 Å². The maximum absolute atomic E-state index is 13.2. The van der Waals surface area contributed by atoms with Crippen molar-refractivity contribution >= 4 is 21.8 Å². The van der Waals surface area contributed by atoms with Gasteiger partial charge in [0.25, 0.3) is 10.1 Å². The van der Waals surface area contributed by atoms with Crippen LogP contribution >= 0.6 is 0 Å².